The number of alkyl halides is 3. The number of alkyl carbamates (subject to hydrolysis) is 1. The van der Waals surface area contributed by atoms with E-state index >= 15 is 0 Å². The van der Waals surface area contributed by atoms with Crippen molar-refractivity contribution in [1.29, 1.82) is 0 Å². The van der Waals surface area contributed by atoms with Crippen molar-refractivity contribution in [3.8, 4) is 0 Å². The molecule has 0 fully saturated rings. The third-order valence-corrected chi connectivity index (χ3v) is 4.64. The maximum atomic E-state index is 12.0. The molecule has 9 nitrogen and oxygen atoms in total. The Balaban J connectivity index is 1.91. The van der Waals surface area contributed by atoms with Crippen LogP contribution in [0.3, 0.4) is 0 Å². The van der Waals surface area contributed by atoms with E-state index in [0.717, 1.165) is 6.20 Å². The number of carbonyl (C=O) groups excluding carboxylic acids is 1. The van der Waals surface area contributed by atoms with E-state index in [1.165, 1.54) is 4.57 Å². The lowest BCUT2D eigenvalue weighted by Crippen LogP contribution is -2.46. The van der Waals surface area contributed by atoms with E-state index < -0.39 is 21.0 Å². The lowest BCUT2D eigenvalue weighted by molar-refractivity contribution is -0.392. The molecule has 0 aliphatic carbocycles. The van der Waals surface area contributed by atoms with Crippen LogP contribution in [0.1, 0.15) is 11.4 Å². The van der Waals surface area contributed by atoms with Crippen LogP contribution >= 0.6 is 46.4 Å². The molecule has 1 aromatic heterocycles. The highest BCUT2D eigenvalue weighted by atomic mass is 35.6. The van der Waals surface area contributed by atoms with Crippen LogP contribution in [-0.2, 0) is 22.6 Å². The van der Waals surface area contributed by atoms with Crippen LogP contribution in [0.2, 0.25) is 5.02 Å². The molecule has 0 bridgehead atoms. The van der Waals surface area contributed by atoms with Crippen molar-refractivity contribution in [2.45, 2.75) is 30.1 Å². The van der Waals surface area contributed by atoms with Crippen LogP contribution in [-0.4, -0.2) is 37.2 Å². The Morgan fingerprint density at radius 3 is 2.69 bits per heavy atom. The number of nitro groups is 1. The minimum atomic E-state index is -1.99. The summed E-state index contributed by atoms with van der Waals surface area (Å²) in [6, 6.07) is 6.90. The van der Waals surface area contributed by atoms with Crippen molar-refractivity contribution in [3.05, 3.63) is 57.0 Å². The highest BCUT2D eigenvalue weighted by Crippen LogP contribution is 2.32. The number of imidazole rings is 1. The predicted octanol–water partition coefficient (Wildman–Crippen LogP) is 4.39. The second kappa shape index (κ2) is 10.3. The normalized spacial score (nSPS) is 12.4. The number of nitrogens with zero attached hydrogens (tertiary/aromatic N) is 3. The Bertz CT molecular complexity index is 871. The van der Waals surface area contributed by atoms with Crippen LogP contribution in [0.5, 0.6) is 0 Å². The standard InChI is InChI=1S/C16H16Cl4N4O5/c1-10-21-8-13(24(26)27)23(10)6-7-28-15(25)22-14(16(18,19)20)29-9-11-4-2-3-5-12(11)17/h2-5,8,14H,6-7,9H2,1H3,(H,22,25)/t14-/m0/s1. The molecule has 1 aromatic carbocycles. The molecule has 1 amide bonds. The van der Waals surface area contributed by atoms with Gasteiger partial charge in [0.15, 0.2) is 12.1 Å². The molecule has 0 spiro atoms. The van der Waals surface area contributed by atoms with Crippen molar-refractivity contribution >= 4 is 58.3 Å². The van der Waals surface area contributed by atoms with E-state index in [1.807, 2.05) is 0 Å². The number of halogens is 4. The lowest BCUT2D eigenvalue weighted by Gasteiger charge is -2.25. The van der Waals surface area contributed by atoms with Crippen LogP contribution in [0.15, 0.2) is 30.5 Å². The van der Waals surface area contributed by atoms with Crippen molar-refractivity contribution in [2.24, 2.45) is 0 Å². The molecular weight excluding hydrogens is 470 g/mol. The average Bonchev–Trinajstić information content (AvgIpc) is 3.00. The molecule has 0 radical (unpaired) electrons. The number of carbonyl (C=O) groups is 1. The van der Waals surface area contributed by atoms with Gasteiger partial charge in [-0.25, -0.2) is 14.3 Å². The van der Waals surface area contributed by atoms with E-state index in [0.29, 0.717) is 16.4 Å². The zero-order valence-corrected chi connectivity index (χ0v) is 18.0. The number of rotatable bonds is 8. The molecule has 0 aliphatic heterocycles. The third kappa shape index (κ3) is 6.90. The molecule has 2 aromatic rings. The van der Waals surface area contributed by atoms with Gasteiger partial charge >= 0.3 is 11.9 Å². The molecular formula is C16H16Cl4N4O5. The summed E-state index contributed by atoms with van der Waals surface area (Å²) in [5, 5.41) is 13.7. The van der Waals surface area contributed by atoms with Gasteiger partial charge in [-0.05, 0) is 16.6 Å². The van der Waals surface area contributed by atoms with E-state index in [-0.39, 0.29) is 25.6 Å². The molecule has 13 heteroatoms. The Hall–Kier alpha value is -1.78. The summed E-state index contributed by atoms with van der Waals surface area (Å²) in [4.78, 5) is 26.3. The van der Waals surface area contributed by atoms with Crippen LogP contribution in [0.25, 0.3) is 0 Å². The second-order valence-corrected chi connectivity index (χ2v) is 8.45. The summed E-state index contributed by atoms with van der Waals surface area (Å²) < 4.78 is 9.79. The molecule has 0 saturated heterocycles. The molecule has 1 N–H and O–H groups in total. The number of aryl methyl sites for hydroxylation is 1. The van der Waals surface area contributed by atoms with Crippen LogP contribution < -0.4 is 5.32 Å². The average molecular weight is 486 g/mol. The fourth-order valence-electron chi connectivity index (χ4n) is 2.26. The van der Waals surface area contributed by atoms with E-state index in [4.69, 9.17) is 55.9 Å². The Morgan fingerprint density at radius 2 is 2.07 bits per heavy atom. The molecule has 158 valence electrons. The van der Waals surface area contributed by atoms with Crippen molar-refractivity contribution in [1.82, 2.24) is 14.9 Å². The molecule has 1 atom stereocenters. The number of hydrogen-bond donors (Lipinski definition) is 1. The lowest BCUT2D eigenvalue weighted by atomic mass is 10.2. The van der Waals surface area contributed by atoms with Gasteiger partial charge in [0.25, 0.3) is 0 Å². The van der Waals surface area contributed by atoms with Gasteiger partial charge in [-0.15, -0.1) is 0 Å². The minimum absolute atomic E-state index is 0.0223. The van der Waals surface area contributed by atoms with Gasteiger partial charge in [0.2, 0.25) is 3.79 Å². The summed E-state index contributed by atoms with van der Waals surface area (Å²) in [6.07, 6.45) is -1.14. The largest absolute Gasteiger partial charge is 0.445 e. The first kappa shape index (κ1) is 23.5. The zero-order valence-electron chi connectivity index (χ0n) is 15.0. The van der Waals surface area contributed by atoms with Crippen molar-refractivity contribution < 1.29 is 19.2 Å². The molecule has 29 heavy (non-hydrogen) atoms. The van der Waals surface area contributed by atoms with Gasteiger partial charge in [0, 0.05) is 11.9 Å². The summed E-state index contributed by atoms with van der Waals surface area (Å²) in [7, 11) is 0. The third-order valence-electron chi connectivity index (χ3n) is 3.68. The van der Waals surface area contributed by atoms with Gasteiger partial charge in [0.05, 0.1) is 6.61 Å². The Labute approximate surface area is 185 Å². The van der Waals surface area contributed by atoms with E-state index in [2.05, 4.69) is 10.3 Å². The van der Waals surface area contributed by atoms with E-state index in [9.17, 15) is 14.9 Å². The molecule has 0 aliphatic rings. The molecule has 1 heterocycles. The zero-order chi connectivity index (χ0) is 21.6. The predicted molar refractivity (Wildman–Crippen MR) is 108 cm³/mol. The number of aromatic nitrogens is 2. The number of benzene rings is 1. The summed E-state index contributed by atoms with van der Waals surface area (Å²) in [5.74, 6) is 0.191. The SMILES string of the molecule is Cc1ncc([N+](=O)[O-])n1CCOC(=O)N[C@@H](OCc1ccccc1Cl)C(Cl)(Cl)Cl. The molecule has 0 unspecified atom stereocenters. The van der Waals surface area contributed by atoms with Gasteiger partial charge in [-0.1, -0.05) is 64.6 Å². The first-order chi connectivity index (χ1) is 13.6. The second-order valence-electron chi connectivity index (χ2n) is 5.68. The number of ether oxygens (including phenoxy) is 2. The Kier molecular flexibility index (Phi) is 8.35. The van der Waals surface area contributed by atoms with Crippen molar-refractivity contribution in [2.75, 3.05) is 6.61 Å². The van der Waals surface area contributed by atoms with Crippen molar-refractivity contribution in [3.63, 3.8) is 0 Å². The van der Waals surface area contributed by atoms with Crippen LogP contribution in [0.4, 0.5) is 10.6 Å². The van der Waals surface area contributed by atoms with E-state index in [1.54, 1.807) is 31.2 Å². The molecule has 0 saturated carbocycles. The number of nitrogens with one attached hydrogen (secondary N) is 1. The van der Waals surface area contributed by atoms with Crippen LogP contribution in [0, 0.1) is 17.0 Å². The Morgan fingerprint density at radius 1 is 1.38 bits per heavy atom. The summed E-state index contributed by atoms with van der Waals surface area (Å²) >= 11 is 23.6. The molecule has 2 rings (SSSR count). The van der Waals surface area contributed by atoms with Gasteiger partial charge in [-0.3, -0.25) is 5.32 Å². The van der Waals surface area contributed by atoms with Gasteiger partial charge < -0.3 is 19.6 Å². The maximum absolute atomic E-state index is 12.0. The topological polar surface area (TPSA) is 109 Å². The first-order valence-corrected chi connectivity index (χ1v) is 9.62. The maximum Gasteiger partial charge on any atom is 0.409 e. The highest BCUT2D eigenvalue weighted by Gasteiger charge is 2.35. The quantitative estimate of drug-likeness (QED) is 0.257. The monoisotopic (exact) mass is 484 g/mol. The number of hydrogen-bond acceptors (Lipinski definition) is 6. The summed E-state index contributed by atoms with van der Waals surface area (Å²) in [5.41, 5.74) is 0.631. The fraction of sp³-hybridized carbons (Fsp3) is 0.375. The number of amides is 1. The smallest absolute Gasteiger partial charge is 0.409 e. The summed E-state index contributed by atoms with van der Waals surface area (Å²) in [6.45, 7) is 1.41. The van der Waals surface area contributed by atoms with Gasteiger partial charge in [0.1, 0.15) is 19.3 Å². The first-order valence-electron chi connectivity index (χ1n) is 8.11. The minimum Gasteiger partial charge on any atom is -0.445 e. The van der Waals surface area contributed by atoms with Gasteiger partial charge in [-0.2, -0.15) is 0 Å². The fourth-order valence-corrected chi connectivity index (χ4v) is 2.81. The highest BCUT2D eigenvalue weighted by molar-refractivity contribution is 6.68.